The van der Waals surface area contributed by atoms with Gasteiger partial charge in [-0.1, -0.05) is 0 Å². The van der Waals surface area contributed by atoms with Crippen molar-refractivity contribution >= 4 is 6.03 Å². The maximum Gasteiger partial charge on any atom is 0.317 e. The number of carbonyl (C=O) groups excluding carboxylic acids is 1. The van der Waals surface area contributed by atoms with E-state index >= 15 is 0 Å². The number of nitrogens with zero attached hydrogens (tertiary/aromatic N) is 1. The lowest BCUT2D eigenvalue weighted by atomic mass is 10.1. The molecule has 1 rings (SSSR count). The minimum Gasteiger partial charge on any atom is -0.389 e. The monoisotopic (exact) mass is 230 g/mol. The summed E-state index contributed by atoms with van der Waals surface area (Å²) in [7, 11) is 1.67. The van der Waals surface area contributed by atoms with E-state index in [9.17, 15) is 9.90 Å². The molecule has 0 radical (unpaired) electrons. The molecule has 0 aromatic heterocycles. The van der Waals surface area contributed by atoms with Crippen molar-refractivity contribution in [2.45, 2.75) is 44.9 Å². The summed E-state index contributed by atoms with van der Waals surface area (Å²) in [5, 5.41) is 12.5. The first-order valence-corrected chi connectivity index (χ1v) is 5.65. The molecule has 0 aromatic carbocycles. The zero-order valence-electron chi connectivity index (χ0n) is 10.5. The average molecular weight is 230 g/mol. The van der Waals surface area contributed by atoms with Crippen molar-refractivity contribution in [1.29, 1.82) is 0 Å². The molecule has 0 aliphatic carbocycles. The molecule has 2 amide bonds. The molecule has 1 heterocycles. The number of hydrogen-bond donors (Lipinski definition) is 2. The van der Waals surface area contributed by atoms with E-state index in [1.807, 2.05) is 6.92 Å². The van der Waals surface area contributed by atoms with Gasteiger partial charge in [-0.05, 0) is 27.2 Å². The lowest BCUT2D eigenvalue weighted by Gasteiger charge is -2.27. The molecule has 0 saturated carbocycles. The number of hydrogen-bond acceptors (Lipinski definition) is 3. The Bertz CT molecular complexity index is 250. The van der Waals surface area contributed by atoms with Crippen LogP contribution in [0, 0.1) is 0 Å². The molecule has 2 unspecified atom stereocenters. The van der Waals surface area contributed by atoms with Crippen molar-refractivity contribution in [3.8, 4) is 0 Å². The SMILES string of the molecule is CC1OCCC1NC(=O)N(C)CC(C)(C)O. The molecule has 1 aliphatic rings. The smallest absolute Gasteiger partial charge is 0.317 e. The molecular weight excluding hydrogens is 208 g/mol. The number of carbonyl (C=O) groups is 1. The number of urea groups is 1. The molecule has 16 heavy (non-hydrogen) atoms. The fraction of sp³-hybridized carbons (Fsp3) is 0.909. The van der Waals surface area contributed by atoms with E-state index in [-0.39, 0.29) is 18.2 Å². The minimum atomic E-state index is -0.871. The number of aliphatic hydroxyl groups is 1. The first kappa shape index (κ1) is 13.3. The normalized spacial score (nSPS) is 25.6. The zero-order valence-corrected chi connectivity index (χ0v) is 10.5. The Hall–Kier alpha value is -0.810. The fourth-order valence-electron chi connectivity index (χ4n) is 1.84. The minimum absolute atomic E-state index is 0.0690. The highest BCUT2D eigenvalue weighted by Gasteiger charge is 2.27. The van der Waals surface area contributed by atoms with Crippen LogP contribution in [0.5, 0.6) is 0 Å². The predicted octanol–water partition coefficient (Wildman–Crippen LogP) is 0.576. The van der Waals surface area contributed by atoms with Gasteiger partial charge in [-0.15, -0.1) is 0 Å². The maximum atomic E-state index is 11.8. The summed E-state index contributed by atoms with van der Waals surface area (Å²) < 4.78 is 5.36. The van der Waals surface area contributed by atoms with E-state index in [2.05, 4.69) is 5.32 Å². The van der Waals surface area contributed by atoms with Crippen LogP contribution < -0.4 is 5.32 Å². The molecule has 5 heteroatoms. The van der Waals surface area contributed by atoms with E-state index in [4.69, 9.17) is 4.74 Å². The van der Waals surface area contributed by atoms with Crippen molar-refractivity contribution in [3.05, 3.63) is 0 Å². The third-order valence-corrected chi connectivity index (χ3v) is 2.66. The van der Waals surface area contributed by atoms with Crippen LogP contribution in [0.1, 0.15) is 27.2 Å². The molecule has 94 valence electrons. The van der Waals surface area contributed by atoms with Gasteiger partial charge in [-0.3, -0.25) is 0 Å². The van der Waals surface area contributed by atoms with Crippen LogP contribution in [0.25, 0.3) is 0 Å². The second-order valence-electron chi connectivity index (χ2n) is 5.09. The molecule has 0 spiro atoms. The molecule has 0 aromatic rings. The second kappa shape index (κ2) is 5.01. The van der Waals surface area contributed by atoms with Crippen LogP contribution in [-0.4, -0.2) is 54.0 Å². The number of rotatable bonds is 3. The summed E-state index contributed by atoms with van der Waals surface area (Å²) in [6.45, 7) is 6.31. The standard InChI is InChI=1S/C11H22N2O3/c1-8-9(5-6-16-8)12-10(14)13(4)7-11(2,3)15/h8-9,15H,5-7H2,1-4H3,(H,12,14). The molecule has 2 atom stereocenters. The number of nitrogens with one attached hydrogen (secondary N) is 1. The Balaban J connectivity index is 2.39. The average Bonchev–Trinajstić information content (AvgIpc) is 2.49. The summed E-state index contributed by atoms with van der Waals surface area (Å²) in [6.07, 6.45) is 0.919. The molecule has 1 fully saturated rings. The highest BCUT2D eigenvalue weighted by atomic mass is 16.5. The van der Waals surface area contributed by atoms with Crippen LogP contribution in [0.3, 0.4) is 0 Å². The van der Waals surface area contributed by atoms with Crippen molar-refractivity contribution in [3.63, 3.8) is 0 Å². The first-order chi connectivity index (χ1) is 7.29. The van der Waals surface area contributed by atoms with E-state index < -0.39 is 5.60 Å². The summed E-state index contributed by atoms with van der Waals surface area (Å²) in [5.41, 5.74) is -0.871. The van der Waals surface area contributed by atoms with Crippen LogP contribution in [-0.2, 0) is 4.74 Å². The van der Waals surface area contributed by atoms with Gasteiger partial charge in [0, 0.05) is 13.7 Å². The van der Waals surface area contributed by atoms with Gasteiger partial charge in [-0.2, -0.15) is 0 Å². The number of ether oxygens (including phenoxy) is 1. The van der Waals surface area contributed by atoms with Crippen LogP contribution in [0.4, 0.5) is 4.79 Å². The maximum absolute atomic E-state index is 11.8. The summed E-state index contributed by atoms with van der Waals surface area (Å²) in [5.74, 6) is 0. The summed E-state index contributed by atoms with van der Waals surface area (Å²) in [6, 6.07) is -0.0822. The Morgan fingerprint density at radius 3 is 2.69 bits per heavy atom. The van der Waals surface area contributed by atoms with Crippen molar-refractivity contribution in [2.24, 2.45) is 0 Å². The Morgan fingerprint density at radius 1 is 1.62 bits per heavy atom. The lowest BCUT2D eigenvalue weighted by Crippen LogP contribution is -2.49. The number of likely N-dealkylation sites (N-methyl/N-ethyl adjacent to an activating group) is 1. The Morgan fingerprint density at radius 2 is 2.25 bits per heavy atom. The first-order valence-electron chi connectivity index (χ1n) is 5.65. The third kappa shape index (κ3) is 3.98. The van der Waals surface area contributed by atoms with Crippen LogP contribution in [0.15, 0.2) is 0 Å². The van der Waals surface area contributed by atoms with Crippen LogP contribution in [0.2, 0.25) is 0 Å². The van der Waals surface area contributed by atoms with E-state index in [1.165, 1.54) is 4.90 Å². The van der Waals surface area contributed by atoms with E-state index in [1.54, 1.807) is 20.9 Å². The largest absolute Gasteiger partial charge is 0.389 e. The molecular formula is C11H22N2O3. The van der Waals surface area contributed by atoms with Gasteiger partial charge in [0.15, 0.2) is 0 Å². The van der Waals surface area contributed by atoms with Gasteiger partial charge >= 0.3 is 6.03 Å². The van der Waals surface area contributed by atoms with Crippen molar-refractivity contribution in [2.75, 3.05) is 20.2 Å². The van der Waals surface area contributed by atoms with Gasteiger partial charge in [0.2, 0.25) is 0 Å². The van der Waals surface area contributed by atoms with Crippen molar-refractivity contribution in [1.82, 2.24) is 10.2 Å². The molecule has 1 saturated heterocycles. The molecule has 2 N–H and O–H groups in total. The van der Waals surface area contributed by atoms with Crippen LogP contribution >= 0.6 is 0 Å². The lowest BCUT2D eigenvalue weighted by molar-refractivity contribution is 0.0520. The van der Waals surface area contributed by atoms with Gasteiger partial charge in [0.1, 0.15) is 0 Å². The van der Waals surface area contributed by atoms with Gasteiger partial charge in [0.05, 0.1) is 24.3 Å². The summed E-state index contributed by atoms with van der Waals surface area (Å²) >= 11 is 0. The Kier molecular flexibility index (Phi) is 4.15. The topological polar surface area (TPSA) is 61.8 Å². The van der Waals surface area contributed by atoms with Gasteiger partial charge < -0.3 is 20.1 Å². The fourth-order valence-corrected chi connectivity index (χ4v) is 1.84. The molecule has 0 bridgehead atoms. The third-order valence-electron chi connectivity index (χ3n) is 2.66. The molecule has 5 nitrogen and oxygen atoms in total. The van der Waals surface area contributed by atoms with Crippen molar-refractivity contribution < 1.29 is 14.6 Å². The summed E-state index contributed by atoms with van der Waals surface area (Å²) in [4.78, 5) is 13.3. The van der Waals surface area contributed by atoms with E-state index in [0.717, 1.165) is 6.42 Å². The quantitative estimate of drug-likeness (QED) is 0.745. The molecule has 1 aliphatic heterocycles. The zero-order chi connectivity index (χ0) is 12.3. The number of amides is 2. The highest BCUT2D eigenvalue weighted by molar-refractivity contribution is 5.74. The van der Waals surface area contributed by atoms with E-state index in [0.29, 0.717) is 13.2 Å². The highest BCUT2D eigenvalue weighted by Crippen LogP contribution is 2.13. The predicted molar refractivity (Wildman–Crippen MR) is 61.3 cm³/mol. The van der Waals surface area contributed by atoms with Gasteiger partial charge in [-0.25, -0.2) is 4.79 Å². The Labute approximate surface area is 96.8 Å². The second-order valence-corrected chi connectivity index (χ2v) is 5.09. The van der Waals surface area contributed by atoms with Gasteiger partial charge in [0.25, 0.3) is 0 Å².